The van der Waals surface area contributed by atoms with Gasteiger partial charge in [0.1, 0.15) is 0 Å². The highest BCUT2D eigenvalue weighted by Crippen LogP contribution is 2.30. The third-order valence-electron chi connectivity index (χ3n) is 4.15. The van der Waals surface area contributed by atoms with Crippen molar-refractivity contribution in [1.29, 1.82) is 0 Å². The number of nitrogens with two attached hydrogens (primary N) is 1. The summed E-state index contributed by atoms with van der Waals surface area (Å²) in [5.41, 5.74) is 8.36. The molecule has 1 saturated heterocycles. The average Bonchev–Trinajstić information content (AvgIpc) is 2.47. The van der Waals surface area contributed by atoms with E-state index in [9.17, 15) is 0 Å². The van der Waals surface area contributed by atoms with Crippen LogP contribution in [0.1, 0.15) is 31.7 Å². The van der Waals surface area contributed by atoms with E-state index < -0.39 is 0 Å². The van der Waals surface area contributed by atoms with Crippen molar-refractivity contribution >= 4 is 17.3 Å². The molecular formula is C16H25ClN2O. The molecule has 1 fully saturated rings. The van der Waals surface area contributed by atoms with Crippen molar-refractivity contribution in [2.24, 2.45) is 5.73 Å². The first kappa shape index (κ1) is 15.6. The lowest BCUT2D eigenvalue weighted by atomic mass is 10.0. The Balaban J connectivity index is 2.03. The fraction of sp³-hybridized carbons (Fsp3) is 0.625. The highest BCUT2D eigenvalue weighted by atomic mass is 35.5. The number of hydrogen-bond donors (Lipinski definition) is 1. The molecule has 20 heavy (non-hydrogen) atoms. The van der Waals surface area contributed by atoms with Crippen LogP contribution in [0.4, 0.5) is 5.69 Å². The molecule has 1 atom stereocenters. The standard InChI is InChI=1S/C16H25ClN2O/c1-3-13(18)10-12-4-5-16(15(17)11-12)19-8-6-14(20-2)7-9-19/h4-5,11,13-14H,3,6-10,18H2,1-2H3. The van der Waals surface area contributed by atoms with Crippen LogP contribution in [0.15, 0.2) is 18.2 Å². The van der Waals surface area contributed by atoms with Crippen molar-refractivity contribution in [3.8, 4) is 0 Å². The van der Waals surface area contributed by atoms with Gasteiger partial charge in [-0.3, -0.25) is 0 Å². The summed E-state index contributed by atoms with van der Waals surface area (Å²) in [6.45, 7) is 4.12. The minimum atomic E-state index is 0.217. The Morgan fingerprint density at radius 3 is 2.65 bits per heavy atom. The molecule has 0 bridgehead atoms. The van der Waals surface area contributed by atoms with Gasteiger partial charge in [-0.25, -0.2) is 0 Å². The van der Waals surface area contributed by atoms with Gasteiger partial charge in [-0.2, -0.15) is 0 Å². The van der Waals surface area contributed by atoms with Gasteiger partial charge in [0.25, 0.3) is 0 Å². The van der Waals surface area contributed by atoms with Crippen molar-refractivity contribution in [2.75, 3.05) is 25.1 Å². The molecule has 0 amide bonds. The Hall–Kier alpha value is -0.770. The predicted octanol–water partition coefficient (Wildman–Crippen LogP) is 3.24. The molecule has 1 aliphatic rings. The van der Waals surface area contributed by atoms with Gasteiger partial charge < -0.3 is 15.4 Å². The van der Waals surface area contributed by atoms with Crippen molar-refractivity contribution in [3.05, 3.63) is 28.8 Å². The summed E-state index contributed by atoms with van der Waals surface area (Å²) in [6.07, 6.45) is 4.41. The van der Waals surface area contributed by atoms with E-state index >= 15 is 0 Å². The molecular weight excluding hydrogens is 272 g/mol. The SMILES string of the molecule is CCC(N)Cc1ccc(N2CCC(OC)CC2)c(Cl)c1. The third-order valence-corrected chi connectivity index (χ3v) is 4.45. The normalized spacial score (nSPS) is 18.3. The number of nitrogens with zero attached hydrogens (tertiary/aromatic N) is 1. The molecule has 112 valence electrons. The van der Waals surface area contributed by atoms with Crippen LogP contribution in [0.2, 0.25) is 5.02 Å². The second-order valence-corrected chi connectivity index (χ2v) is 5.99. The maximum atomic E-state index is 6.45. The summed E-state index contributed by atoms with van der Waals surface area (Å²) in [4.78, 5) is 2.35. The fourth-order valence-corrected chi connectivity index (χ4v) is 3.04. The number of hydrogen-bond acceptors (Lipinski definition) is 3. The predicted molar refractivity (Wildman–Crippen MR) is 85.7 cm³/mol. The summed E-state index contributed by atoms with van der Waals surface area (Å²) >= 11 is 6.45. The van der Waals surface area contributed by atoms with E-state index in [1.807, 2.05) is 0 Å². The Morgan fingerprint density at radius 1 is 1.40 bits per heavy atom. The zero-order valence-electron chi connectivity index (χ0n) is 12.4. The maximum Gasteiger partial charge on any atom is 0.0642 e. The summed E-state index contributed by atoms with van der Waals surface area (Å²) in [7, 11) is 1.79. The van der Waals surface area contributed by atoms with Crippen LogP contribution in [-0.2, 0) is 11.2 Å². The van der Waals surface area contributed by atoms with Gasteiger partial charge in [-0.05, 0) is 43.4 Å². The summed E-state index contributed by atoms with van der Waals surface area (Å²) in [6, 6.07) is 6.57. The largest absolute Gasteiger partial charge is 0.381 e. The highest BCUT2D eigenvalue weighted by Gasteiger charge is 2.20. The number of halogens is 1. The number of ether oxygens (including phenoxy) is 1. The van der Waals surface area contributed by atoms with E-state index in [1.54, 1.807) is 7.11 Å². The molecule has 4 heteroatoms. The van der Waals surface area contributed by atoms with Crippen LogP contribution < -0.4 is 10.6 Å². The van der Waals surface area contributed by atoms with Gasteiger partial charge >= 0.3 is 0 Å². The van der Waals surface area contributed by atoms with Crippen molar-refractivity contribution in [1.82, 2.24) is 0 Å². The molecule has 0 spiro atoms. The molecule has 0 aromatic heterocycles. The molecule has 2 N–H and O–H groups in total. The highest BCUT2D eigenvalue weighted by molar-refractivity contribution is 6.33. The smallest absolute Gasteiger partial charge is 0.0642 e. The summed E-state index contributed by atoms with van der Waals surface area (Å²) in [5.74, 6) is 0. The Morgan fingerprint density at radius 2 is 2.10 bits per heavy atom. The van der Waals surface area contributed by atoms with Crippen molar-refractivity contribution < 1.29 is 4.74 Å². The zero-order valence-corrected chi connectivity index (χ0v) is 13.2. The lowest BCUT2D eigenvalue weighted by Crippen LogP contribution is -2.36. The summed E-state index contributed by atoms with van der Waals surface area (Å²) < 4.78 is 5.41. The zero-order chi connectivity index (χ0) is 14.5. The Bertz CT molecular complexity index is 430. The van der Waals surface area contributed by atoms with E-state index in [0.717, 1.165) is 49.5 Å². The van der Waals surface area contributed by atoms with Crippen LogP contribution >= 0.6 is 11.6 Å². The molecule has 1 unspecified atom stereocenters. The maximum absolute atomic E-state index is 6.45. The Kier molecular flexibility index (Phi) is 5.70. The first-order chi connectivity index (χ1) is 9.63. The van der Waals surface area contributed by atoms with Gasteiger partial charge in [0.15, 0.2) is 0 Å². The second kappa shape index (κ2) is 7.30. The number of benzene rings is 1. The molecule has 0 saturated carbocycles. The minimum absolute atomic E-state index is 0.217. The third kappa shape index (κ3) is 3.87. The first-order valence-corrected chi connectivity index (χ1v) is 7.83. The molecule has 1 heterocycles. The van der Waals surface area contributed by atoms with Gasteiger partial charge in [0, 0.05) is 26.2 Å². The number of rotatable bonds is 5. The summed E-state index contributed by atoms with van der Waals surface area (Å²) in [5, 5.41) is 0.835. The Labute approximate surface area is 127 Å². The molecule has 2 rings (SSSR count). The van der Waals surface area contributed by atoms with E-state index in [0.29, 0.717) is 6.10 Å². The van der Waals surface area contributed by atoms with Crippen LogP contribution in [-0.4, -0.2) is 32.3 Å². The monoisotopic (exact) mass is 296 g/mol. The molecule has 1 aliphatic heterocycles. The van der Waals surface area contributed by atoms with Gasteiger partial charge in [-0.1, -0.05) is 24.6 Å². The van der Waals surface area contributed by atoms with Crippen LogP contribution in [0.25, 0.3) is 0 Å². The van der Waals surface area contributed by atoms with E-state index in [-0.39, 0.29) is 6.04 Å². The van der Waals surface area contributed by atoms with Gasteiger partial charge in [-0.15, -0.1) is 0 Å². The number of anilines is 1. The van der Waals surface area contributed by atoms with E-state index in [2.05, 4.69) is 30.0 Å². The van der Waals surface area contributed by atoms with Gasteiger partial charge in [0.2, 0.25) is 0 Å². The van der Waals surface area contributed by atoms with Crippen LogP contribution in [0.5, 0.6) is 0 Å². The van der Waals surface area contributed by atoms with E-state index in [4.69, 9.17) is 22.1 Å². The molecule has 1 aromatic rings. The van der Waals surface area contributed by atoms with Gasteiger partial charge in [0.05, 0.1) is 16.8 Å². The molecule has 0 radical (unpaired) electrons. The molecule has 3 nitrogen and oxygen atoms in total. The lowest BCUT2D eigenvalue weighted by molar-refractivity contribution is 0.0819. The quantitative estimate of drug-likeness (QED) is 0.906. The second-order valence-electron chi connectivity index (χ2n) is 5.58. The van der Waals surface area contributed by atoms with Crippen molar-refractivity contribution in [2.45, 2.75) is 44.8 Å². The minimum Gasteiger partial charge on any atom is -0.381 e. The molecule has 0 aliphatic carbocycles. The van der Waals surface area contributed by atoms with Crippen LogP contribution in [0.3, 0.4) is 0 Å². The van der Waals surface area contributed by atoms with Crippen LogP contribution in [0, 0.1) is 0 Å². The van der Waals surface area contributed by atoms with Crippen molar-refractivity contribution in [3.63, 3.8) is 0 Å². The molecule has 1 aromatic carbocycles. The first-order valence-electron chi connectivity index (χ1n) is 7.45. The topological polar surface area (TPSA) is 38.5 Å². The number of piperidine rings is 1. The van der Waals surface area contributed by atoms with E-state index in [1.165, 1.54) is 5.56 Å². The lowest BCUT2D eigenvalue weighted by Gasteiger charge is -2.33. The number of methoxy groups -OCH3 is 1. The average molecular weight is 297 g/mol. The fourth-order valence-electron chi connectivity index (χ4n) is 2.71.